The predicted octanol–water partition coefficient (Wildman–Crippen LogP) is 15.9. The molecule has 61 heavy (non-hydrogen) atoms. The van der Waals surface area contributed by atoms with Gasteiger partial charge < -0.3 is 4.42 Å². The lowest BCUT2D eigenvalue weighted by Crippen LogP contribution is -1.95. The van der Waals surface area contributed by atoms with Crippen LogP contribution in [0.15, 0.2) is 211 Å². The van der Waals surface area contributed by atoms with Crippen LogP contribution in [0.1, 0.15) is 0 Å². The average Bonchev–Trinajstić information content (AvgIpc) is 3.78. The second-order valence-corrected chi connectivity index (χ2v) is 16.1. The molecule has 11 aromatic carbocycles. The monoisotopic (exact) mass is 774 g/mol. The third-order valence-electron chi connectivity index (χ3n) is 12.6. The van der Waals surface area contributed by atoms with E-state index in [0.717, 1.165) is 50.4 Å². The maximum atomic E-state index is 6.28. The Hall–Kier alpha value is -8.14. The van der Waals surface area contributed by atoms with Crippen LogP contribution < -0.4 is 0 Å². The summed E-state index contributed by atoms with van der Waals surface area (Å²) < 4.78 is 6.28. The third-order valence-corrected chi connectivity index (χ3v) is 12.6. The Balaban J connectivity index is 0.947. The first kappa shape index (κ1) is 33.8. The fourth-order valence-electron chi connectivity index (χ4n) is 9.71. The molecule has 13 rings (SSSR count). The van der Waals surface area contributed by atoms with Gasteiger partial charge in [0.25, 0.3) is 0 Å². The van der Waals surface area contributed by atoms with Gasteiger partial charge in [-0.15, -0.1) is 0 Å². The highest BCUT2D eigenvalue weighted by Crippen LogP contribution is 2.45. The first-order chi connectivity index (χ1) is 30.2. The van der Waals surface area contributed by atoms with Crippen molar-refractivity contribution in [2.45, 2.75) is 0 Å². The Kier molecular flexibility index (Phi) is 7.31. The van der Waals surface area contributed by atoms with E-state index in [-0.39, 0.29) is 0 Å². The van der Waals surface area contributed by atoms with Crippen LogP contribution in [0.4, 0.5) is 0 Å². The molecule has 0 amide bonds. The van der Waals surface area contributed by atoms with Crippen molar-refractivity contribution >= 4 is 75.6 Å². The number of rotatable bonds is 5. The lowest BCUT2D eigenvalue weighted by atomic mass is 9.86. The molecule has 0 unspecified atom stereocenters. The molecule has 0 atom stereocenters. The minimum Gasteiger partial charge on any atom is -0.454 e. The topological polar surface area (TPSA) is 38.9 Å². The van der Waals surface area contributed by atoms with Crippen LogP contribution >= 0.6 is 0 Å². The zero-order valence-electron chi connectivity index (χ0n) is 32.9. The number of nitrogens with zero attached hydrogens (tertiary/aromatic N) is 2. The lowest BCUT2D eigenvalue weighted by molar-refractivity contribution is 0.628. The first-order valence-electron chi connectivity index (χ1n) is 20.8. The highest BCUT2D eigenvalue weighted by atomic mass is 16.3. The average molecular weight is 775 g/mol. The number of benzene rings is 10. The SMILES string of the molecule is c1ccc(-c2nc(-c3ccc(-c4cccc(-c5cc6ccc7cccc8c9cccc%10ccc%11cccc(c(c5)c6c78)c%11c%109)c4)cc3)cc(-c3cc4ccccc4o3)n2)cc1. The van der Waals surface area contributed by atoms with Crippen molar-refractivity contribution < 1.29 is 4.42 Å². The molecular formula is C58H34N2O. The third kappa shape index (κ3) is 5.38. The van der Waals surface area contributed by atoms with Gasteiger partial charge in [-0.3, -0.25) is 0 Å². The van der Waals surface area contributed by atoms with Crippen LogP contribution in [0.5, 0.6) is 0 Å². The number of hydrogen-bond acceptors (Lipinski definition) is 3. The van der Waals surface area contributed by atoms with Gasteiger partial charge in [0.15, 0.2) is 11.6 Å². The molecule has 13 aromatic rings. The molecule has 0 radical (unpaired) electrons. The molecule has 0 saturated heterocycles. The smallest absolute Gasteiger partial charge is 0.160 e. The molecule has 3 nitrogen and oxygen atoms in total. The van der Waals surface area contributed by atoms with Gasteiger partial charge in [-0.05, 0) is 123 Å². The second-order valence-electron chi connectivity index (χ2n) is 16.1. The second kappa shape index (κ2) is 13.2. The molecule has 0 aliphatic heterocycles. The lowest BCUT2D eigenvalue weighted by Gasteiger charge is -2.17. The summed E-state index contributed by atoms with van der Waals surface area (Å²) in [6.07, 6.45) is 0. The number of para-hydroxylation sites is 1. The van der Waals surface area contributed by atoms with E-state index in [9.17, 15) is 0 Å². The van der Waals surface area contributed by atoms with E-state index in [0.29, 0.717) is 5.82 Å². The molecule has 0 spiro atoms. The highest BCUT2D eigenvalue weighted by Gasteiger charge is 2.18. The molecule has 3 heteroatoms. The summed E-state index contributed by atoms with van der Waals surface area (Å²) in [4.78, 5) is 10.1. The maximum absolute atomic E-state index is 6.28. The van der Waals surface area contributed by atoms with Crippen molar-refractivity contribution in [3.63, 3.8) is 0 Å². The Morgan fingerprint density at radius 2 is 0.803 bits per heavy atom. The van der Waals surface area contributed by atoms with E-state index in [1.165, 1.54) is 75.8 Å². The van der Waals surface area contributed by atoms with E-state index < -0.39 is 0 Å². The summed E-state index contributed by atoms with van der Waals surface area (Å²) in [5.41, 5.74) is 9.06. The van der Waals surface area contributed by atoms with Crippen LogP contribution in [0.25, 0.3) is 132 Å². The van der Waals surface area contributed by atoms with E-state index in [1.807, 2.05) is 54.6 Å². The van der Waals surface area contributed by atoms with E-state index in [1.54, 1.807) is 0 Å². The van der Waals surface area contributed by atoms with Gasteiger partial charge in [0.1, 0.15) is 11.3 Å². The van der Waals surface area contributed by atoms with Crippen LogP contribution in [-0.2, 0) is 0 Å². The van der Waals surface area contributed by atoms with Crippen LogP contribution in [0.3, 0.4) is 0 Å². The molecule has 0 N–H and O–H groups in total. The molecule has 282 valence electrons. The molecule has 0 fully saturated rings. The fourth-order valence-corrected chi connectivity index (χ4v) is 9.71. The summed E-state index contributed by atoms with van der Waals surface area (Å²) in [6.45, 7) is 0. The quantitative estimate of drug-likeness (QED) is 0.164. The van der Waals surface area contributed by atoms with Crippen molar-refractivity contribution in [1.82, 2.24) is 9.97 Å². The van der Waals surface area contributed by atoms with Crippen molar-refractivity contribution in [3.05, 3.63) is 206 Å². The number of furan rings is 1. The van der Waals surface area contributed by atoms with Gasteiger partial charge in [0.2, 0.25) is 0 Å². The number of fused-ring (bicyclic) bond motifs is 3. The van der Waals surface area contributed by atoms with Gasteiger partial charge >= 0.3 is 0 Å². The van der Waals surface area contributed by atoms with Gasteiger partial charge in [0, 0.05) is 16.5 Å². The molecule has 0 aliphatic carbocycles. The molecule has 2 heterocycles. The highest BCUT2D eigenvalue weighted by molar-refractivity contribution is 6.37. The molecular weight excluding hydrogens is 741 g/mol. The zero-order valence-corrected chi connectivity index (χ0v) is 32.9. The minimum absolute atomic E-state index is 0.660. The molecule has 0 aliphatic rings. The van der Waals surface area contributed by atoms with Crippen molar-refractivity contribution in [1.29, 1.82) is 0 Å². The van der Waals surface area contributed by atoms with Crippen LogP contribution in [0, 0.1) is 0 Å². The minimum atomic E-state index is 0.660. The Morgan fingerprint density at radius 3 is 1.49 bits per heavy atom. The summed E-state index contributed by atoms with van der Waals surface area (Å²) in [6, 6.07) is 74.2. The van der Waals surface area contributed by atoms with Crippen LogP contribution in [-0.4, -0.2) is 9.97 Å². The van der Waals surface area contributed by atoms with Crippen LogP contribution in [0.2, 0.25) is 0 Å². The Morgan fingerprint density at radius 1 is 0.279 bits per heavy atom. The van der Waals surface area contributed by atoms with Crippen molar-refractivity contribution in [2.75, 3.05) is 0 Å². The molecule has 0 saturated carbocycles. The Labute approximate surface area is 351 Å². The fraction of sp³-hybridized carbons (Fsp3) is 0. The normalized spacial score (nSPS) is 11.9. The van der Waals surface area contributed by atoms with Gasteiger partial charge in [-0.25, -0.2) is 9.97 Å². The first-order valence-corrected chi connectivity index (χ1v) is 20.8. The van der Waals surface area contributed by atoms with E-state index in [4.69, 9.17) is 14.4 Å². The Bertz CT molecular complexity index is 3830. The van der Waals surface area contributed by atoms with Crippen molar-refractivity contribution in [3.8, 4) is 56.4 Å². The number of aromatic nitrogens is 2. The van der Waals surface area contributed by atoms with Gasteiger partial charge in [-0.2, -0.15) is 0 Å². The molecule has 2 aromatic heterocycles. The maximum Gasteiger partial charge on any atom is 0.160 e. The standard InChI is InChI=1S/C58H34N2O/c1-2-10-40(11-3-1)58-59-50(34-51(60-58)53-33-43-12-4-5-21-52(43)61-53)36-24-22-35(23-25-36)41-16-6-17-42(30-41)45-31-44-29-28-39-14-8-19-47-46-18-7-13-37-26-27-38-15-9-20-48(56(38)54(37)46)49(32-45)57(44)55(39)47/h1-34H. The van der Waals surface area contributed by atoms with Gasteiger partial charge in [0.05, 0.1) is 5.69 Å². The van der Waals surface area contributed by atoms with Crippen molar-refractivity contribution in [2.24, 2.45) is 0 Å². The number of hydrogen-bond donors (Lipinski definition) is 0. The summed E-state index contributed by atoms with van der Waals surface area (Å²) in [5.74, 6) is 1.38. The summed E-state index contributed by atoms with van der Waals surface area (Å²) in [5, 5.41) is 16.5. The van der Waals surface area contributed by atoms with Gasteiger partial charge in [-0.1, -0.05) is 170 Å². The predicted molar refractivity (Wildman–Crippen MR) is 255 cm³/mol. The largest absolute Gasteiger partial charge is 0.454 e. The summed E-state index contributed by atoms with van der Waals surface area (Å²) >= 11 is 0. The summed E-state index contributed by atoms with van der Waals surface area (Å²) in [7, 11) is 0. The zero-order chi connectivity index (χ0) is 40.0. The van der Waals surface area contributed by atoms with E-state index in [2.05, 4.69) is 152 Å². The molecule has 0 bridgehead atoms. The van der Waals surface area contributed by atoms with E-state index >= 15 is 0 Å².